The fourth-order valence-electron chi connectivity index (χ4n) is 4.42. The Balaban J connectivity index is 1.71. The van der Waals surface area contributed by atoms with Crippen molar-refractivity contribution in [2.45, 2.75) is 38.3 Å². The standard InChI is InChI=1S/C27H23ClF4N4O2/c1-16-10-21(27(30,31)32)20(13-33)25(34-16)36-14-19(38-15-17-6-4-3-5-7-17)12-24(36)26(37)35(2)18-8-9-23(29)22(28)11-18/h3-11,19,24H,12,14-15H2,1-2H3/t19-,24-/m0/s1. The third-order valence-electron chi connectivity index (χ3n) is 6.32. The van der Waals surface area contributed by atoms with E-state index in [0.29, 0.717) is 5.69 Å². The van der Waals surface area contributed by atoms with Gasteiger partial charge in [-0.1, -0.05) is 41.9 Å². The van der Waals surface area contributed by atoms with Crippen LogP contribution in [0.5, 0.6) is 0 Å². The number of carbonyl (C=O) groups excluding carboxylic acids is 1. The zero-order chi connectivity index (χ0) is 27.6. The SMILES string of the molecule is Cc1cc(C(F)(F)F)c(C#N)c(N2C[C@@H](OCc3ccccc3)C[C@H]2C(=O)N(C)c2ccc(F)c(Cl)c2)n1. The molecule has 3 aromatic rings. The zero-order valence-corrected chi connectivity index (χ0v) is 21.2. The number of pyridine rings is 1. The van der Waals surface area contributed by atoms with Crippen molar-refractivity contribution in [3.63, 3.8) is 0 Å². The van der Waals surface area contributed by atoms with Gasteiger partial charge in [0.05, 0.1) is 23.3 Å². The van der Waals surface area contributed by atoms with Crippen LogP contribution in [-0.4, -0.2) is 36.6 Å². The fraction of sp³-hybridized carbons (Fsp3) is 0.296. The highest BCUT2D eigenvalue weighted by Gasteiger charge is 2.43. The number of rotatable bonds is 6. The number of carbonyl (C=O) groups is 1. The van der Waals surface area contributed by atoms with E-state index in [2.05, 4.69) is 4.98 Å². The first kappa shape index (κ1) is 27.4. The molecule has 198 valence electrons. The Hall–Kier alpha value is -3.68. The molecule has 4 rings (SSSR count). The van der Waals surface area contributed by atoms with Gasteiger partial charge in [0.2, 0.25) is 5.91 Å². The highest BCUT2D eigenvalue weighted by atomic mass is 35.5. The van der Waals surface area contributed by atoms with Crippen molar-refractivity contribution in [1.82, 2.24) is 4.98 Å². The predicted octanol–water partition coefficient (Wildman–Crippen LogP) is 5.90. The second-order valence-corrected chi connectivity index (χ2v) is 9.34. The Morgan fingerprint density at radius 1 is 1.24 bits per heavy atom. The van der Waals surface area contributed by atoms with E-state index < -0.39 is 41.2 Å². The summed E-state index contributed by atoms with van der Waals surface area (Å²) >= 11 is 5.89. The Kier molecular flexibility index (Phi) is 7.90. The molecular weight excluding hydrogens is 524 g/mol. The smallest absolute Gasteiger partial charge is 0.372 e. The number of halogens is 5. The Labute approximate surface area is 222 Å². The number of aromatic nitrogens is 1. The number of likely N-dealkylation sites (N-methyl/N-ethyl adjacent to an activating group) is 1. The predicted molar refractivity (Wildman–Crippen MR) is 134 cm³/mol. The van der Waals surface area contributed by atoms with Crippen LogP contribution in [0.25, 0.3) is 0 Å². The van der Waals surface area contributed by atoms with Gasteiger partial charge in [-0.25, -0.2) is 9.37 Å². The molecule has 2 aromatic carbocycles. The molecule has 0 bridgehead atoms. The second-order valence-electron chi connectivity index (χ2n) is 8.94. The lowest BCUT2D eigenvalue weighted by molar-refractivity contribution is -0.137. The van der Waals surface area contributed by atoms with Crippen molar-refractivity contribution in [3.8, 4) is 6.07 Å². The summed E-state index contributed by atoms with van der Waals surface area (Å²) in [6.07, 6.45) is -5.21. The lowest BCUT2D eigenvalue weighted by Crippen LogP contribution is -2.45. The van der Waals surface area contributed by atoms with Gasteiger partial charge in [0, 0.05) is 31.4 Å². The summed E-state index contributed by atoms with van der Waals surface area (Å²) in [5.74, 6) is -1.40. The van der Waals surface area contributed by atoms with Gasteiger partial charge in [-0.2, -0.15) is 18.4 Å². The summed E-state index contributed by atoms with van der Waals surface area (Å²) in [4.78, 5) is 20.6. The van der Waals surface area contributed by atoms with Crippen LogP contribution in [0.2, 0.25) is 5.02 Å². The molecule has 0 saturated carbocycles. The largest absolute Gasteiger partial charge is 0.417 e. The van der Waals surface area contributed by atoms with Crippen molar-refractivity contribution >= 4 is 29.0 Å². The molecular formula is C27H23ClF4N4O2. The zero-order valence-electron chi connectivity index (χ0n) is 20.5. The summed E-state index contributed by atoms with van der Waals surface area (Å²) in [6.45, 7) is 1.65. The summed E-state index contributed by atoms with van der Waals surface area (Å²) in [5, 5.41) is 9.52. The second kappa shape index (κ2) is 11.0. The lowest BCUT2D eigenvalue weighted by Gasteiger charge is -2.30. The molecule has 0 N–H and O–H groups in total. The number of hydrogen-bond acceptors (Lipinski definition) is 5. The van der Waals surface area contributed by atoms with Gasteiger partial charge in [0.25, 0.3) is 0 Å². The normalized spacial score (nSPS) is 17.4. The van der Waals surface area contributed by atoms with Gasteiger partial charge in [-0.3, -0.25) is 4.79 Å². The van der Waals surface area contributed by atoms with E-state index in [9.17, 15) is 27.6 Å². The van der Waals surface area contributed by atoms with Crippen molar-refractivity contribution < 1.29 is 27.1 Å². The quantitative estimate of drug-likeness (QED) is 0.360. The van der Waals surface area contributed by atoms with E-state index in [1.165, 1.54) is 35.9 Å². The highest BCUT2D eigenvalue weighted by Crippen LogP contribution is 2.38. The maximum atomic E-state index is 13.8. The van der Waals surface area contributed by atoms with Crippen molar-refractivity contribution in [2.75, 3.05) is 23.4 Å². The molecule has 1 fully saturated rings. The van der Waals surface area contributed by atoms with E-state index in [1.807, 2.05) is 30.3 Å². The molecule has 0 aliphatic carbocycles. The van der Waals surface area contributed by atoms with Gasteiger partial charge < -0.3 is 14.5 Å². The number of ether oxygens (including phenoxy) is 1. The molecule has 38 heavy (non-hydrogen) atoms. The average Bonchev–Trinajstić information content (AvgIpc) is 3.32. The first-order valence-corrected chi connectivity index (χ1v) is 12.0. The van der Waals surface area contributed by atoms with E-state index in [-0.39, 0.29) is 36.1 Å². The molecule has 11 heteroatoms. The highest BCUT2D eigenvalue weighted by molar-refractivity contribution is 6.31. The van der Waals surface area contributed by atoms with E-state index in [4.69, 9.17) is 16.3 Å². The van der Waals surface area contributed by atoms with Crippen LogP contribution in [0.4, 0.5) is 29.1 Å². The van der Waals surface area contributed by atoms with Crippen LogP contribution in [0.1, 0.15) is 28.8 Å². The molecule has 2 atom stereocenters. The molecule has 1 amide bonds. The maximum Gasteiger partial charge on any atom is 0.417 e. The molecule has 1 aliphatic rings. The van der Waals surface area contributed by atoms with Crippen LogP contribution in [0.3, 0.4) is 0 Å². The van der Waals surface area contributed by atoms with Crippen LogP contribution in [-0.2, 0) is 22.3 Å². The number of hydrogen-bond donors (Lipinski definition) is 0. The number of alkyl halides is 3. The summed E-state index contributed by atoms with van der Waals surface area (Å²) in [6, 6.07) is 14.5. The van der Waals surface area contributed by atoms with E-state index >= 15 is 0 Å². The lowest BCUT2D eigenvalue weighted by atomic mass is 10.1. The molecule has 0 spiro atoms. The van der Waals surface area contributed by atoms with E-state index in [1.54, 1.807) is 6.07 Å². The Morgan fingerprint density at radius 2 is 1.95 bits per heavy atom. The Morgan fingerprint density at radius 3 is 2.58 bits per heavy atom. The third-order valence-corrected chi connectivity index (χ3v) is 6.60. The minimum absolute atomic E-state index is 0.0314. The van der Waals surface area contributed by atoms with Gasteiger partial charge in [0.1, 0.15) is 29.3 Å². The van der Waals surface area contributed by atoms with Crippen molar-refractivity contribution in [3.05, 3.63) is 87.8 Å². The first-order valence-electron chi connectivity index (χ1n) is 11.6. The molecule has 0 unspecified atom stereocenters. The van der Waals surface area contributed by atoms with E-state index in [0.717, 1.165) is 17.7 Å². The van der Waals surface area contributed by atoms with Gasteiger partial charge in [-0.15, -0.1) is 0 Å². The molecule has 0 radical (unpaired) electrons. The van der Waals surface area contributed by atoms with Crippen LogP contribution in [0, 0.1) is 24.1 Å². The average molecular weight is 547 g/mol. The molecule has 1 aliphatic heterocycles. The number of anilines is 2. The number of nitrogens with zero attached hydrogens (tertiary/aromatic N) is 4. The minimum atomic E-state index is -4.79. The molecule has 1 aromatic heterocycles. The summed E-state index contributed by atoms with van der Waals surface area (Å²) in [7, 11) is 1.46. The van der Waals surface area contributed by atoms with Crippen LogP contribution in [0.15, 0.2) is 54.6 Å². The van der Waals surface area contributed by atoms with Gasteiger partial charge in [0.15, 0.2) is 0 Å². The number of aryl methyl sites for hydroxylation is 1. The molecule has 2 heterocycles. The maximum absolute atomic E-state index is 13.8. The van der Waals surface area contributed by atoms with Gasteiger partial charge >= 0.3 is 6.18 Å². The van der Waals surface area contributed by atoms with Gasteiger partial charge in [-0.05, 0) is 36.8 Å². The topological polar surface area (TPSA) is 69.5 Å². The molecule has 1 saturated heterocycles. The summed E-state index contributed by atoms with van der Waals surface area (Å²) in [5.41, 5.74) is -0.565. The number of amides is 1. The monoisotopic (exact) mass is 546 g/mol. The van der Waals surface area contributed by atoms with Crippen LogP contribution < -0.4 is 9.80 Å². The Bertz CT molecular complexity index is 1380. The van der Waals surface area contributed by atoms with Crippen molar-refractivity contribution in [1.29, 1.82) is 5.26 Å². The van der Waals surface area contributed by atoms with Crippen LogP contribution >= 0.6 is 11.6 Å². The fourth-order valence-corrected chi connectivity index (χ4v) is 4.59. The summed E-state index contributed by atoms with van der Waals surface area (Å²) < 4.78 is 61.1. The first-order chi connectivity index (χ1) is 18.0. The third kappa shape index (κ3) is 5.74. The number of nitriles is 1. The number of benzene rings is 2. The van der Waals surface area contributed by atoms with Crippen molar-refractivity contribution in [2.24, 2.45) is 0 Å². The molecule has 6 nitrogen and oxygen atoms in total. The minimum Gasteiger partial charge on any atom is -0.372 e.